The lowest BCUT2D eigenvalue weighted by molar-refractivity contribution is 0.442. The Hall–Kier alpha value is -1.58. The SMILES string of the molecule is CC1CCCN(c2nccc(NCCC3=CCCCC3)n2)C1. The molecule has 4 heteroatoms. The summed E-state index contributed by atoms with van der Waals surface area (Å²) >= 11 is 0. The van der Waals surface area contributed by atoms with Crippen LogP contribution in [-0.4, -0.2) is 29.6 Å². The van der Waals surface area contributed by atoms with E-state index >= 15 is 0 Å². The van der Waals surface area contributed by atoms with Gasteiger partial charge in [0.2, 0.25) is 5.95 Å². The van der Waals surface area contributed by atoms with Gasteiger partial charge in [-0.1, -0.05) is 18.6 Å². The molecule has 1 aliphatic carbocycles. The van der Waals surface area contributed by atoms with Crippen molar-refractivity contribution in [3.8, 4) is 0 Å². The third kappa shape index (κ3) is 4.21. The number of hydrogen-bond donors (Lipinski definition) is 1. The van der Waals surface area contributed by atoms with Crippen LogP contribution in [0.5, 0.6) is 0 Å². The summed E-state index contributed by atoms with van der Waals surface area (Å²) in [5.74, 6) is 2.58. The zero-order valence-corrected chi connectivity index (χ0v) is 13.7. The summed E-state index contributed by atoms with van der Waals surface area (Å²) in [6.07, 6.45) is 13.3. The van der Waals surface area contributed by atoms with E-state index in [4.69, 9.17) is 4.98 Å². The smallest absolute Gasteiger partial charge is 0.227 e. The summed E-state index contributed by atoms with van der Waals surface area (Å²) in [5, 5.41) is 3.46. The third-order valence-corrected chi connectivity index (χ3v) is 4.72. The molecule has 4 nitrogen and oxygen atoms in total. The highest BCUT2D eigenvalue weighted by atomic mass is 15.3. The lowest BCUT2D eigenvalue weighted by Gasteiger charge is -2.30. The molecule has 1 aliphatic heterocycles. The van der Waals surface area contributed by atoms with Crippen molar-refractivity contribution < 1.29 is 0 Å². The molecule has 1 aromatic rings. The molecule has 1 atom stereocenters. The van der Waals surface area contributed by atoms with Crippen molar-refractivity contribution in [3.05, 3.63) is 23.9 Å². The van der Waals surface area contributed by atoms with Crippen molar-refractivity contribution >= 4 is 11.8 Å². The van der Waals surface area contributed by atoms with Crippen LogP contribution in [0.4, 0.5) is 11.8 Å². The Morgan fingerprint density at radius 1 is 1.32 bits per heavy atom. The van der Waals surface area contributed by atoms with Crippen LogP contribution >= 0.6 is 0 Å². The van der Waals surface area contributed by atoms with Crippen molar-refractivity contribution in [2.75, 3.05) is 29.9 Å². The van der Waals surface area contributed by atoms with Gasteiger partial charge in [0, 0.05) is 25.8 Å². The molecular weight excluding hydrogens is 272 g/mol. The number of hydrogen-bond acceptors (Lipinski definition) is 4. The number of allylic oxidation sites excluding steroid dienone is 1. The maximum Gasteiger partial charge on any atom is 0.227 e. The van der Waals surface area contributed by atoms with Gasteiger partial charge in [-0.25, -0.2) is 4.98 Å². The van der Waals surface area contributed by atoms with Gasteiger partial charge < -0.3 is 10.2 Å². The molecule has 1 unspecified atom stereocenters. The van der Waals surface area contributed by atoms with E-state index in [1.165, 1.54) is 38.5 Å². The number of nitrogens with one attached hydrogen (secondary N) is 1. The van der Waals surface area contributed by atoms with Gasteiger partial charge in [-0.15, -0.1) is 0 Å². The second kappa shape index (κ2) is 7.61. The topological polar surface area (TPSA) is 41.1 Å². The summed E-state index contributed by atoms with van der Waals surface area (Å²) in [7, 11) is 0. The highest BCUT2D eigenvalue weighted by Gasteiger charge is 2.18. The third-order valence-electron chi connectivity index (χ3n) is 4.72. The fourth-order valence-corrected chi connectivity index (χ4v) is 3.45. The van der Waals surface area contributed by atoms with E-state index in [1.807, 2.05) is 12.3 Å². The summed E-state index contributed by atoms with van der Waals surface area (Å²) in [6, 6.07) is 1.98. The van der Waals surface area contributed by atoms with Gasteiger partial charge in [0.25, 0.3) is 0 Å². The van der Waals surface area contributed by atoms with Crippen molar-refractivity contribution in [3.63, 3.8) is 0 Å². The quantitative estimate of drug-likeness (QED) is 0.834. The number of aromatic nitrogens is 2. The summed E-state index contributed by atoms with van der Waals surface area (Å²) in [5.41, 5.74) is 1.61. The minimum Gasteiger partial charge on any atom is -0.370 e. The molecular formula is C18H28N4. The molecule has 2 heterocycles. The van der Waals surface area contributed by atoms with Crippen LogP contribution in [0.25, 0.3) is 0 Å². The van der Waals surface area contributed by atoms with E-state index in [0.717, 1.165) is 43.7 Å². The highest BCUT2D eigenvalue weighted by molar-refractivity contribution is 5.41. The van der Waals surface area contributed by atoms with E-state index in [-0.39, 0.29) is 0 Å². The number of anilines is 2. The normalized spacial score (nSPS) is 22.3. The monoisotopic (exact) mass is 300 g/mol. The summed E-state index contributed by atoms with van der Waals surface area (Å²) in [6.45, 7) is 5.45. The minimum absolute atomic E-state index is 0.743. The van der Waals surface area contributed by atoms with Crippen LogP contribution in [0.1, 0.15) is 51.9 Å². The van der Waals surface area contributed by atoms with E-state index in [1.54, 1.807) is 5.57 Å². The second-order valence-corrected chi connectivity index (χ2v) is 6.72. The Bertz CT molecular complexity index is 512. The van der Waals surface area contributed by atoms with Crippen molar-refractivity contribution in [2.24, 2.45) is 5.92 Å². The Kier molecular flexibility index (Phi) is 5.30. The molecule has 0 aromatic carbocycles. The van der Waals surface area contributed by atoms with Crippen LogP contribution in [0.2, 0.25) is 0 Å². The number of rotatable bonds is 5. The first-order chi connectivity index (χ1) is 10.8. The number of nitrogens with zero attached hydrogens (tertiary/aromatic N) is 3. The molecule has 1 fully saturated rings. The molecule has 1 aromatic heterocycles. The fraction of sp³-hybridized carbons (Fsp3) is 0.667. The van der Waals surface area contributed by atoms with Gasteiger partial charge in [0.1, 0.15) is 5.82 Å². The van der Waals surface area contributed by atoms with Gasteiger partial charge in [-0.05, 0) is 56.9 Å². The fourth-order valence-electron chi connectivity index (χ4n) is 3.45. The van der Waals surface area contributed by atoms with Crippen molar-refractivity contribution in [1.29, 1.82) is 0 Å². The van der Waals surface area contributed by atoms with Crippen LogP contribution in [0.3, 0.4) is 0 Å². The maximum atomic E-state index is 4.70. The van der Waals surface area contributed by atoms with Gasteiger partial charge in [0.05, 0.1) is 0 Å². The van der Waals surface area contributed by atoms with Crippen LogP contribution in [0.15, 0.2) is 23.9 Å². The predicted molar refractivity (Wildman–Crippen MR) is 92.3 cm³/mol. The first-order valence-corrected chi connectivity index (χ1v) is 8.81. The molecule has 1 N–H and O–H groups in total. The van der Waals surface area contributed by atoms with Gasteiger partial charge >= 0.3 is 0 Å². The lowest BCUT2D eigenvalue weighted by Crippen LogP contribution is -2.35. The highest BCUT2D eigenvalue weighted by Crippen LogP contribution is 2.22. The molecule has 1 saturated heterocycles. The van der Waals surface area contributed by atoms with Gasteiger partial charge in [-0.2, -0.15) is 4.98 Å². The van der Waals surface area contributed by atoms with Crippen molar-refractivity contribution in [2.45, 2.75) is 51.9 Å². The van der Waals surface area contributed by atoms with Crippen LogP contribution in [0, 0.1) is 5.92 Å². The number of piperidine rings is 1. The average Bonchev–Trinajstić information content (AvgIpc) is 2.56. The second-order valence-electron chi connectivity index (χ2n) is 6.72. The minimum atomic E-state index is 0.743. The molecule has 0 spiro atoms. The van der Waals surface area contributed by atoms with Crippen LogP contribution in [-0.2, 0) is 0 Å². The summed E-state index contributed by atoms with van der Waals surface area (Å²) in [4.78, 5) is 11.5. The molecule has 120 valence electrons. The Balaban J connectivity index is 1.53. The lowest BCUT2D eigenvalue weighted by atomic mass is 9.97. The van der Waals surface area contributed by atoms with E-state index in [0.29, 0.717) is 0 Å². The van der Waals surface area contributed by atoms with Crippen LogP contribution < -0.4 is 10.2 Å². The zero-order valence-electron chi connectivity index (χ0n) is 13.7. The van der Waals surface area contributed by atoms with Gasteiger partial charge in [0.15, 0.2) is 0 Å². The van der Waals surface area contributed by atoms with Crippen molar-refractivity contribution in [1.82, 2.24) is 9.97 Å². The average molecular weight is 300 g/mol. The maximum absolute atomic E-state index is 4.70. The van der Waals surface area contributed by atoms with Gasteiger partial charge in [-0.3, -0.25) is 0 Å². The first kappa shape index (κ1) is 15.3. The Labute approximate surface area is 134 Å². The molecule has 0 radical (unpaired) electrons. The predicted octanol–water partition coefficient (Wildman–Crippen LogP) is 4.02. The van der Waals surface area contributed by atoms with E-state index in [2.05, 4.69) is 28.2 Å². The Morgan fingerprint density at radius 3 is 3.09 bits per heavy atom. The van der Waals surface area contributed by atoms with E-state index in [9.17, 15) is 0 Å². The largest absolute Gasteiger partial charge is 0.370 e. The molecule has 0 bridgehead atoms. The molecule has 22 heavy (non-hydrogen) atoms. The summed E-state index contributed by atoms with van der Waals surface area (Å²) < 4.78 is 0. The molecule has 2 aliphatic rings. The molecule has 3 rings (SSSR count). The molecule has 0 saturated carbocycles. The first-order valence-electron chi connectivity index (χ1n) is 8.81. The zero-order chi connectivity index (χ0) is 15.2. The standard InChI is InChI=1S/C18H28N4/c1-15-6-5-13-22(14-15)18-20-12-10-17(21-18)19-11-9-16-7-3-2-4-8-16/h7,10,12,15H,2-6,8-9,11,13-14H2,1H3,(H,19,20,21). The Morgan fingerprint density at radius 2 is 2.27 bits per heavy atom. The van der Waals surface area contributed by atoms with E-state index < -0.39 is 0 Å². The molecule has 0 amide bonds.